The summed E-state index contributed by atoms with van der Waals surface area (Å²) in [5.74, 6) is -0.206. The highest BCUT2D eigenvalue weighted by molar-refractivity contribution is 7.92. The van der Waals surface area contributed by atoms with Crippen LogP contribution in [0.5, 0.6) is 0 Å². The fraction of sp³-hybridized carbons (Fsp3) is 0.211. The standard InChI is InChI=1S/C19H22N2O3S/c1-4-12-21(25(3,23)24)18-10-8-17(9-11-18)19(22)20-14-16-7-5-6-15(2)13-16/h4-11,13H,1,12,14H2,2-3H3,(H,20,22). The lowest BCUT2D eigenvalue weighted by molar-refractivity contribution is 0.0951. The van der Waals surface area contributed by atoms with Crippen LogP contribution in [-0.4, -0.2) is 27.1 Å². The van der Waals surface area contributed by atoms with Gasteiger partial charge in [0.25, 0.3) is 5.91 Å². The molecule has 1 N–H and O–H groups in total. The molecule has 25 heavy (non-hydrogen) atoms. The molecule has 5 nitrogen and oxygen atoms in total. The van der Waals surface area contributed by atoms with Crippen molar-refractivity contribution in [1.82, 2.24) is 5.32 Å². The molecule has 2 rings (SSSR count). The highest BCUT2D eigenvalue weighted by Crippen LogP contribution is 2.18. The van der Waals surface area contributed by atoms with Gasteiger partial charge in [0.1, 0.15) is 0 Å². The van der Waals surface area contributed by atoms with Crippen LogP contribution in [0.15, 0.2) is 61.2 Å². The second-order valence-electron chi connectivity index (χ2n) is 5.80. The van der Waals surface area contributed by atoms with Crippen molar-refractivity contribution in [2.45, 2.75) is 13.5 Å². The molecule has 0 heterocycles. The summed E-state index contributed by atoms with van der Waals surface area (Å²) in [6.07, 6.45) is 2.66. The first kappa shape index (κ1) is 18.7. The van der Waals surface area contributed by atoms with Gasteiger partial charge in [0.2, 0.25) is 10.0 Å². The number of anilines is 1. The van der Waals surface area contributed by atoms with E-state index >= 15 is 0 Å². The summed E-state index contributed by atoms with van der Waals surface area (Å²) in [4.78, 5) is 12.2. The van der Waals surface area contributed by atoms with Crippen LogP contribution in [0.25, 0.3) is 0 Å². The number of rotatable bonds is 7. The average molecular weight is 358 g/mol. The molecular formula is C19H22N2O3S. The Morgan fingerprint density at radius 1 is 1.20 bits per heavy atom. The second kappa shape index (κ2) is 7.98. The van der Waals surface area contributed by atoms with E-state index in [0.29, 0.717) is 17.8 Å². The fourth-order valence-electron chi connectivity index (χ4n) is 2.44. The number of hydrogen-bond donors (Lipinski definition) is 1. The van der Waals surface area contributed by atoms with Gasteiger partial charge >= 0.3 is 0 Å². The normalized spacial score (nSPS) is 11.0. The summed E-state index contributed by atoms with van der Waals surface area (Å²) in [6.45, 7) is 6.19. The van der Waals surface area contributed by atoms with Crippen molar-refractivity contribution in [2.75, 3.05) is 17.1 Å². The van der Waals surface area contributed by atoms with E-state index < -0.39 is 10.0 Å². The van der Waals surface area contributed by atoms with Crippen molar-refractivity contribution in [1.29, 1.82) is 0 Å². The predicted molar refractivity (Wildman–Crippen MR) is 101 cm³/mol. The van der Waals surface area contributed by atoms with Crippen molar-refractivity contribution in [2.24, 2.45) is 0 Å². The van der Waals surface area contributed by atoms with Gasteiger partial charge in [-0.05, 0) is 36.8 Å². The fourth-order valence-corrected chi connectivity index (χ4v) is 3.32. The lowest BCUT2D eigenvalue weighted by Crippen LogP contribution is -2.30. The van der Waals surface area contributed by atoms with Gasteiger partial charge in [-0.1, -0.05) is 35.9 Å². The van der Waals surface area contributed by atoms with Crippen LogP contribution in [0.4, 0.5) is 5.69 Å². The van der Waals surface area contributed by atoms with E-state index in [4.69, 9.17) is 0 Å². The maximum Gasteiger partial charge on any atom is 0.251 e. The molecular weight excluding hydrogens is 336 g/mol. The molecule has 2 aromatic carbocycles. The van der Waals surface area contributed by atoms with Crippen molar-refractivity contribution in [3.05, 3.63) is 77.9 Å². The third-order valence-electron chi connectivity index (χ3n) is 3.65. The zero-order valence-corrected chi connectivity index (χ0v) is 15.2. The number of benzene rings is 2. The molecule has 0 saturated carbocycles. The minimum Gasteiger partial charge on any atom is -0.348 e. The van der Waals surface area contributed by atoms with Crippen LogP contribution < -0.4 is 9.62 Å². The van der Waals surface area contributed by atoms with Crippen LogP contribution in [-0.2, 0) is 16.6 Å². The Hall–Kier alpha value is -2.60. The first-order chi connectivity index (χ1) is 11.8. The van der Waals surface area contributed by atoms with Gasteiger partial charge in [0, 0.05) is 12.1 Å². The molecule has 0 aliphatic rings. The largest absolute Gasteiger partial charge is 0.348 e. The summed E-state index contributed by atoms with van der Waals surface area (Å²) in [6, 6.07) is 14.4. The molecule has 132 valence electrons. The number of hydrogen-bond acceptors (Lipinski definition) is 3. The predicted octanol–water partition coefficient (Wildman–Crippen LogP) is 2.88. The maximum absolute atomic E-state index is 12.2. The zero-order valence-electron chi connectivity index (χ0n) is 14.4. The first-order valence-electron chi connectivity index (χ1n) is 7.83. The van der Waals surface area contributed by atoms with Crippen molar-refractivity contribution >= 4 is 21.6 Å². The number of sulfonamides is 1. The Balaban J connectivity index is 2.08. The van der Waals surface area contributed by atoms with Crippen LogP contribution in [0.1, 0.15) is 21.5 Å². The highest BCUT2D eigenvalue weighted by atomic mass is 32.2. The van der Waals surface area contributed by atoms with Gasteiger partial charge in [0.05, 0.1) is 18.5 Å². The Kier molecular flexibility index (Phi) is 5.98. The van der Waals surface area contributed by atoms with Crippen molar-refractivity contribution in [3.8, 4) is 0 Å². The zero-order chi connectivity index (χ0) is 18.4. The van der Waals surface area contributed by atoms with Crippen molar-refractivity contribution < 1.29 is 13.2 Å². The van der Waals surface area contributed by atoms with Gasteiger partial charge in [-0.25, -0.2) is 8.42 Å². The number of nitrogens with zero attached hydrogens (tertiary/aromatic N) is 1. The van der Waals surface area contributed by atoms with Gasteiger partial charge in [-0.15, -0.1) is 6.58 Å². The molecule has 0 aromatic heterocycles. The minimum atomic E-state index is -3.40. The third-order valence-corrected chi connectivity index (χ3v) is 4.81. The smallest absolute Gasteiger partial charge is 0.251 e. The third kappa shape index (κ3) is 5.19. The van der Waals surface area contributed by atoms with E-state index in [0.717, 1.165) is 17.4 Å². The van der Waals surface area contributed by atoms with Gasteiger partial charge in [-0.2, -0.15) is 0 Å². The average Bonchev–Trinajstić information content (AvgIpc) is 2.57. The molecule has 0 radical (unpaired) electrons. The number of amides is 1. The molecule has 2 aromatic rings. The monoisotopic (exact) mass is 358 g/mol. The number of carbonyl (C=O) groups is 1. The van der Waals surface area contributed by atoms with E-state index in [1.54, 1.807) is 24.3 Å². The summed E-state index contributed by atoms with van der Waals surface area (Å²) in [7, 11) is -3.40. The van der Waals surface area contributed by atoms with Crippen molar-refractivity contribution in [3.63, 3.8) is 0 Å². The molecule has 0 aliphatic carbocycles. The van der Waals surface area contributed by atoms with Crippen LogP contribution >= 0.6 is 0 Å². The van der Waals surface area contributed by atoms with Crippen LogP contribution in [0, 0.1) is 6.92 Å². The Labute approximate surface area is 149 Å². The van der Waals surface area contributed by atoms with Gasteiger partial charge < -0.3 is 5.32 Å². The van der Waals surface area contributed by atoms with E-state index in [9.17, 15) is 13.2 Å². The van der Waals surface area contributed by atoms with Gasteiger partial charge in [0.15, 0.2) is 0 Å². The van der Waals surface area contributed by atoms with E-state index in [2.05, 4.69) is 11.9 Å². The summed E-state index contributed by atoms with van der Waals surface area (Å²) < 4.78 is 24.9. The maximum atomic E-state index is 12.2. The second-order valence-corrected chi connectivity index (χ2v) is 7.71. The first-order valence-corrected chi connectivity index (χ1v) is 9.68. The SMILES string of the molecule is C=CCN(c1ccc(C(=O)NCc2cccc(C)c2)cc1)S(C)(=O)=O. The summed E-state index contributed by atoms with van der Waals surface area (Å²) in [5, 5.41) is 2.86. The minimum absolute atomic E-state index is 0.178. The Morgan fingerprint density at radius 2 is 1.88 bits per heavy atom. The lowest BCUT2D eigenvalue weighted by atomic mass is 10.1. The molecule has 0 spiro atoms. The van der Waals surface area contributed by atoms with Crippen LogP contribution in [0.2, 0.25) is 0 Å². The van der Waals surface area contributed by atoms with E-state index in [1.165, 1.54) is 10.4 Å². The molecule has 0 atom stereocenters. The van der Waals surface area contributed by atoms with Crippen LogP contribution in [0.3, 0.4) is 0 Å². The molecule has 6 heteroatoms. The number of aryl methyl sites for hydroxylation is 1. The summed E-state index contributed by atoms with van der Waals surface area (Å²) >= 11 is 0. The molecule has 0 bridgehead atoms. The molecule has 0 fully saturated rings. The number of carbonyl (C=O) groups excluding carboxylic acids is 1. The Bertz CT molecular complexity index is 858. The lowest BCUT2D eigenvalue weighted by Gasteiger charge is -2.20. The molecule has 1 amide bonds. The molecule has 0 saturated heterocycles. The Morgan fingerprint density at radius 3 is 2.44 bits per heavy atom. The van der Waals surface area contributed by atoms with E-state index in [-0.39, 0.29) is 12.5 Å². The topological polar surface area (TPSA) is 66.5 Å². The molecule has 0 aliphatic heterocycles. The van der Waals surface area contributed by atoms with E-state index in [1.807, 2.05) is 31.2 Å². The number of nitrogens with one attached hydrogen (secondary N) is 1. The highest BCUT2D eigenvalue weighted by Gasteiger charge is 2.16. The quantitative estimate of drug-likeness (QED) is 0.774. The van der Waals surface area contributed by atoms with Gasteiger partial charge in [-0.3, -0.25) is 9.10 Å². The molecule has 0 unspecified atom stereocenters. The summed E-state index contributed by atoms with van der Waals surface area (Å²) in [5.41, 5.74) is 3.14.